The fourth-order valence-corrected chi connectivity index (χ4v) is 2.36. The van der Waals surface area contributed by atoms with Crippen molar-refractivity contribution in [3.05, 3.63) is 34.3 Å². The van der Waals surface area contributed by atoms with E-state index in [1.807, 2.05) is 0 Å². The fraction of sp³-hybridized carbons (Fsp3) is 0.400. The second-order valence-corrected chi connectivity index (χ2v) is 5.09. The summed E-state index contributed by atoms with van der Waals surface area (Å²) in [5, 5.41) is 18.5. The first-order valence-corrected chi connectivity index (χ1v) is 6.86. The third-order valence-corrected chi connectivity index (χ3v) is 3.58. The van der Waals surface area contributed by atoms with E-state index in [-0.39, 0.29) is 18.6 Å². The molecule has 0 aromatic heterocycles. The van der Waals surface area contributed by atoms with E-state index in [1.165, 1.54) is 0 Å². The number of halogens is 1. The van der Waals surface area contributed by atoms with Gasteiger partial charge in [0.05, 0.1) is 11.1 Å². The summed E-state index contributed by atoms with van der Waals surface area (Å²) in [7, 11) is 0. The Hall–Kier alpha value is -1.54. The molecule has 0 aliphatic carbocycles. The van der Waals surface area contributed by atoms with Crippen molar-refractivity contribution in [2.24, 2.45) is 0 Å². The van der Waals surface area contributed by atoms with E-state index in [2.05, 4.69) is 11.8 Å². The van der Waals surface area contributed by atoms with E-state index < -0.39 is 0 Å². The van der Waals surface area contributed by atoms with Crippen LogP contribution in [0.2, 0.25) is 5.02 Å². The molecule has 1 fully saturated rings. The van der Waals surface area contributed by atoms with Gasteiger partial charge in [0.25, 0.3) is 5.91 Å². The van der Waals surface area contributed by atoms with Crippen molar-refractivity contribution in [2.45, 2.75) is 18.9 Å². The predicted molar refractivity (Wildman–Crippen MR) is 76.6 cm³/mol. The number of likely N-dealkylation sites (tertiary alicyclic amines) is 1. The summed E-state index contributed by atoms with van der Waals surface area (Å²) >= 11 is 6.08. The average Bonchev–Trinajstić information content (AvgIpc) is 2.46. The number of benzene rings is 1. The highest BCUT2D eigenvalue weighted by molar-refractivity contribution is 6.32. The molecule has 20 heavy (non-hydrogen) atoms. The quantitative estimate of drug-likeness (QED) is 0.767. The zero-order valence-electron chi connectivity index (χ0n) is 11.0. The van der Waals surface area contributed by atoms with Crippen LogP contribution in [0.15, 0.2) is 18.2 Å². The smallest absolute Gasteiger partial charge is 0.253 e. The number of rotatable bonds is 1. The van der Waals surface area contributed by atoms with Crippen molar-refractivity contribution >= 4 is 17.5 Å². The van der Waals surface area contributed by atoms with Crippen LogP contribution in [0.5, 0.6) is 0 Å². The Kier molecular flexibility index (Phi) is 5.02. The van der Waals surface area contributed by atoms with Crippen molar-refractivity contribution < 1.29 is 15.0 Å². The Balaban J connectivity index is 2.13. The van der Waals surface area contributed by atoms with E-state index in [4.69, 9.17) is 16.7 Å². The summed E-state index contributed by atoms with van der Waals surface area (Å²) in [6, 6.07) is 4.95. The highest BCUT2D eigenvalue weighted by Crippen LogP contribution is 2.20. The van der Waals surface area contributed by atoms with Crippen LogP contribution in [0.25, 0.3) is 0 Å². The van der Waals surface area contributed by atoms with Crippen LogP contribution in [0.1, 0.15) is 28.8 Å². The number of carbonyl (C=O) groups is 1. The van der Waals surface area contributed by atoms with Crippen LogP contribution in [-0.2, 0) is 0 Å². The summed E-state index contributed by atoms with van der Waals surface area (Å²) in [6.45, 7) is 0.889. The largest absolute Gasteiger partial charge is 0.393 e. The molecule has 0 saturated carbocycles. The molecule has 0 radical (unpaired) electrons. The monoisotopic (exact) mass is 293 g/mol. The highest BCUT2D eigenvalue weighted by Gasteiger charge is 2.22. The Morgan fingerprint density at radius 3 is 2.70 bits per heavy atom. The van der Waals surface area contributed by atoms with Gasteiger partial charge in [0, 0.05) is 24.2 Å². The number of nitrogens with zero attached hydrogens (tertiary/aromatic N) is 1. The Morgan fingerprint density at radius 2 is 2.10 bits per heavy atom. The molecule has 0 spiro atoms. The summed E-state index contributed by atoms with van der Waals surface area (Å²) < 4.78 is 0. The lowest BCUT2D eigenvalue weighted by atomic mass is 10.1. The van der Waals surface area contributed by atoms with Crippen LogP contribution in [0.3, 0.4) is 0 Å². The molecule has 2 rings (SSSR count). The number of carbonyl (C=O) groups excluding carboxylic acids is 1. The third-order valence-electron chi connectivity index (χ3n) is 3.27. The number of aliphatic hydroxyl groups is 2. The summed E-state index contributed by atoms with van der Waals surface area (Å²) in [5.41, 5.74) is 1.10. The lowest BCUT2D eigenvalue weighted by molar-refractivity contribution is 0.0546. The summed E-state index contributed by atoms with van der Waals surface area (Å²) in [5.74, 6) is 5.16. The Morgan fingerprint density at radius 1 is 1.40 bits per heavy atom. The van der Waals surface area contributed by atoms with E-state index >= 15 is 0 Å². The van der Waals surface area contributed by atoms with Gasteiger partial charge in [0.1, 0.15) is 6.61 Å². The molecule has 0 bridgehead atoms. The molecule has 1 aromatic carbocycles. The lowest BCUT2D eigenvalue weighted by Crippen LogP contribution is -2.40. The maximum absolute atomic E-state index is 12.3. The van der Waals surface area contributed by atoms with Crippen LogP contribution in [0.4, 0.5) is 0 Å². The molecule has 1 amide bonds. The zero-order chi connectivity index (χ0) is 14.5. The van der Waals surface area contributed by atoms with Gasteiger partial charge in [0.2, 0.25) is 0 Å². The SMILES string of the molecule is O=C(c1ccc(C#CCO)c(Cl)c1)N1CCC(O)CC1. The van der Waals surface area contributed by atoms with Crippen LogP contribution in [0, 0.1) is 11.8 Å². The lowest BCUT2D eigenvalue weighted by Gasteiger charge is -2.29. The summed E-state index contributed by atoms with van der Waals surface area (Å²) in [6.07, 6.45) is 0.915. The van der Waals surface area contributed by atoms with Gasteiger partial charge in [-0.25, -0.2) is 0 Å². The van der Waals surface area contributed by atoms with Gasteiger partial charge in [0.15, 0.2) is 0 Å². The molecule has 1 aliphatic rings. The highest BCUT2D eigenvalue weighted by atomic mass is 35.5. The van der Waals surface area contributed by atoms with Crippen molar-refractivity contribution in [2.75, 3.05) is 19.7 Å². The van der Waals surface area contributed by atoms with E-state index in [1.54, 1.807) is 23.1 Å². The second kappa shape index (κ2) is 6.76. The van der Waals surface area contributed by atoms with Crippen LogP contribution in [-0.4, -0.2) is 46.8 Å². The molecule has 5 heteroatoms. The van der Waals surface area contributed by atoms with Gasteiger partial charge in [-0.3, -0.25) is 4.79 Å². The first-order chi connectivity index (χ1) is 9.61. The minimum Gasteiger partial charge on any atom is -0.393 e. The minimum atomic E-state index is -0.307. The Labute approximate surface area is 123 Å². The zero-order valence-corrected chi connectivity index (χ0v) is 11.7. The molecule has 4 nitrogen and oxygen atoms in total. The van der Waals surface area contributed by atoms with Crippen molar-refractivity contribution in [3.63, 3.8) is 0 Å². The van der Waals surface area contributed by atoms with Crippen molar-refractivity contribution in [1.29, 1.82) is 0 Å². The number of hydrogen-bond donors (Lipinski definition) is 2. The van der Waals surface area contributed by atoms with Crippen LogP contribution < -0.4 is 0 Å². The average molecular weight is 294 g/mol. The number of piperidine rings is 1. The molecule has 1 saturated heterocycles. The Bertz CT molecular complexity index is 554. The molecule has 1 heterocycles. The number of hydrogen-bond acceptors (Lipinski definition) is 3. The van der Waals surface area contributed by atoms with Gasteiger partial charge in [-0.15, -0.1) is 0 Å². The molecule has 1 aromatic rings. The standard InChI is InChI=1S/C15H16ClNO3/c16-14-10-12(4-3-11(14)2-1-9-18)15(20)17-7-5-13(19)6-8-17/h3-4,10,13,18-19H,5-9H2. The van der Waals surface area contributed by atoms with E-state index in [0.29, 0.717) is 42.1 Å². The maximum atomic E-state index is 12.3. The first-order valence-electron chi connectivity index (χ1n) is 6.48. The normalized spacial score (nSPS) is 15.7. The number of aliphatic hydroxyl groups excluding tert-OH is 2. The third kappa shape index (κ3) is 3.51. The molecule has 106 valence electrons. The molecular weight excluding hydrogens is 278 g/mol. The van der Waals surface area contributed by atoms with Gasteiger partial charge in [-0.2, -0.15) is 0 Å². The van der Waals surface area contributed by atoms with Crippen molar-refractivity contribution in [1.82, 2.24) is 4.90 Å². The topological polar surface area (TPSA) is 60.8 Å². The van der Waals surface area contributed by atoms with Gasteiger partial charge in [-0.1, -0.05) is 23.4 Å². The van der Waals surface area contributed by atoms with Crippen LogP contribution >= 0.6 is 11.6 Å². The van der Waals surface area contributed by atoms with E-state index in [9.17, 15) is 9.90 Å². The van der Waals surface area contributed by atoms with Crippen molar-refractivity contribution in [3.8, 4) is 11.8 Å². The molecule has 2 N–H and O–H groups in total. The fourth-order valence-electron chi connectivity index (χ4n) is 2.14. The van der Waals surface area contributed by atoms with E-state index in [0.717, 1.165) is 0 Å². The molecular formula is C15H16ClNO3. The molecule has 1 aliphatic heterocycles. The minimum absolute atomic E-state index is 0.0829. The first kappa shape index (κ1) is 14.9. The predicted octanol–water partition coefficient (Wildman–Crippen LogP) is 1.28. The molecule has 0 unspecified atom stereocenters. The molecule has 0 atom stereocenters. The van der Waals surface area contributed by atoms with Gasteiger partial charge < -0.3 is 15.1 Å². The van der Waals surface area contributed by atoms with Gasteiger partial charge in [-0.05, 0) is 31.0 Å². The number of amides is 1. The second-order valence-electron chi connectivity index (χ2n) is 4.68. The summed E-state index contributed by atoms with van der Waals surface area (Å²) in [4.78, 5) is 14.0. The maximum Gasteiger partial charge on any atom is 0.253 e. The van der Waals surface area contributed by atoms with Gasteiger partial charge >= 0.3 is 0 Å².